The lowest BCUT2D eigenvalue weighted by molar-refractivity contribution is -0.158. The van der Waals surface area contributed by atoms with Crippen LogP contribution in [0.4, 0.5) is 13.2 Å². The monoisotopic (exact) mass is 493 g/mol. The normalized spacial score (nSPS) is 25.8. The number of nitrogens with one attached hydrogen (secondary N) is 1. The molecule has 1 aromatic carbocycles. The Morgan fingerprint density at radius 2 is 1.94 bits per heavy atom. The number of aliphatic hydroxyl groups is 1. The first kappa shape index (κ1) is 25.6. The van der Waals surface area contributed by atoms with Crippen LogP contribution < -0.4 is 5.32 Å². The zero-order valence-electron chi connectivity index (χ0n) is 19.3. The average molecular weight is 494 g/mol. The van der Waals surface area contributed by atoms with E-state index in [-0.39, 0.29) is 56.9 Å². The third-order valence-electron chi connectivity index (χ3n) is 6.38. The fraction of sp³-hybridized carbons (Fsp3) is 0.520. The molecule has 4 rings (SSSR count). The summed E-state index contributed by atoms with van der Waals surface area (Å²) < 4.78 is 51.4. The van der Waals surface area contributed by atoms with E-state index in [4.69, 9.17) is 9.47 Å². The van der Waals surface area contributed by atoms with Gasteiger partial charge in [0.25, 0.3) is 0 Å². The number of rotatable bonds is 6. The largest absolute Gasteiger partial charge is 0.416 e. The highest BCUT2D eigenvalue weighted by molar-refractivity contribution is 5.76. The topological polar surface area (TPSA) is 83.9 Å². The summed E-state index contributed by atoms with van der Waals surface area (Å²) in [5.41, 5.74) is 0.778. The molecule has 0 bridgehead atoms. The third-order valence-corrected chi connectivity index (χ3v) is 6.38. The number of halogens is 3. The molecular formula is C25H30F3N3O4. The zero-order valence-corrected chi connectivity index (χ0v) is 19.3. The number of β-amino-alcohol motifs (C(OH)–C–C–N with tert-alkyl or cyclic N) is 1. The van der Waals surface area contributed by atoms with Crippen molar-refractivity contribution in [1.82, 2.24) is 15.2 Å². The van der Waals surface area contributed by atoms with Crippen molar-refractivity contribution in [1.29, 1.82) is 0 Å². The standard InChI is InChI=1S/C25H30F3N3O4/c26-25(27,28)19-3-1-2-18(10-19)13-31-14-20(32)15-34-16-23-22(31)5-4-21(35-23)11-24(33)30-12-17-6-8-29-9-7-17/h1-3,6-10,20-23,32H,4-5,11-16H2,(H,30,33)/t20-,21+,22+,23-/m1/s1. The van der Waals surface area contributed by atoms with Crippen LogP contribution in [0.2, 0.25) is 0 Å². The van der Waals surface area contributed by atoms with Gasteiger partial charge in [0.15, 0.2) is 0 Å². The molecule has 0 radical (unpaired) electrons. The van der Waals surface area contributed by atoms with Gasteiger partial charge in [0.2, 0.25) is 5.91 Å². The Labute approximate surface area is 202 Å². The predicted molar refractivity (Wildman–Crippen MR) is 121 cm³/mol. The molecule has 2 aromatic rings. The summed E-state index contributed by atoms with van der Waals surface area (Å²) in [5, 5.41) is 13.2. The van der Waals surface area contributed by atoms with Gasteiger partial charge in [-0.05, 0) is 42.2 Å². The van der Waals surface area contributed by atoms with Crippen molar-refractivity contribution in [3.05, 3.63) is 65.5 Å². The van der Waals surface area contributed by atoms with E-state index in [1.54, 1.807) is 18.5 Å². The molecule has 0 saturated carbocycles. The second kappa shape index (κ2) is 11.5. The van der Waals surface area contributed by atoms with Crippen LogP contribution in [0.5, 0.6) is 0 Å². The van der Waals surface area contributed by atoms with Crippen molar-refractivity contribution in [2.45, 2.75) is 62.9 Å². The molecule has 35 heavy (non-hydrogen) atoms. The fourth-order valence-corrected chi connectivity index (χ4v) is 4.69. The van der Waals surface area contributed by atoms with E-state index >= 15 is 0 Å². The van der Waals surface area contributed by atoms with Gasteiger partial charge in [-0.15, -0.1) is 0 Å². The van der Waals surface area contributed by atoms with Crippen LogP contribution in [-0.4, -0.2) is 65.0 Å². The molecule has 10 heteroatoms. The van der Waals surface area contributed by atoms with Crippen molar-refractivity contribution < 1.29 is 32.5 Å². The fourth-order valence-electron chi connectivity index (χ4n) is 4.69. The SMILES string of the molecule is O=C(C[C@@H]1CC[C@H]2[C@@H](COC[C@H](O)CN2Cc2cccc(C(F)(F)F)c2)O1)NCc1ccncc1. The number of carbonyl (C=O) groups excluding carboxylic acids is 1. The first-order valence-electron chi connectivity index (χ1n) is 11.7. The number of alkyl halides is 3. The molecule has 0 spiro atoms. The Bertz CT molecular complexity index is 976. The van der Waals surface area contributed by atoms with Gasteiger partial charge < -0.3 is 19.9 Å². The number of benzene rings is 1. The number of carbonyl (C=O) groups is 1. The van der Waals surface area contributed by atoms with Crippen LogP contribution in [0.15, 0.2) is 48.8 Å². The Kier molecular flexibility index (Phi) is 8.38. The number of nitrogens with zero attached hydrogens (tertiary/aromatic N) is 2. The molecule has 1 amide bonds. The van der Waals surface area contributed by atoms with Crippen LogP contribution in [0.25, 0.3) is 0 Å². The highest BCUT2D eigenvalue weighted by Gasteiger charge is 2.38. The van der Waals surface area contributed by atoms with E-state index in [1.165, 1.54) is 6.07 Å². The van der Waals surface area contributed by atoms with Gasteiger partial charge in [-0.3, -0.25) is 14.7 Å². The van der Waals surface area contributed by atoms with Gasteiger partial charge in [0.1, 0.15) is 0 Å². The Morgan fingerprint density at radius 3 is 2.71 bits per heavy atom. The van der Waals surface area contributed by atoms with Gasteiger partial charge in [-0.2, -0.15) is 13.2 Å². The summed E-state index contributed by atoms with van der Waals surface area (Å²) in [6, 6.07) is 8.79. The lowest BCUT2D eigenvalue weighted by Gasteiger charge is -2.44. The van der Waals surface area contributed by atoms with E-state index < -0.39 is 17.8 Å². The molecule has 0 aliphatic carbocycles. The molecule has 7 nitrogen and oxygen atoms in total. The van der Waals surface area contributed by atoms with Crippen LogP contribution in [0.1, 0.15) is 36.0 Å². The van der Waals surface area contributed by atoms with Crippen molar-refractivity contribution in [3.63, 3.8) is 0 Å². The summed E-state index contributed by atoms with van der Waals surface area (Å²) in [5.74, 6) is -0.117. The molecule has 2 aliphatic heterocycles. The molecule has 2 saturated heterocycles. The van der Waals surface area contributed by atoms with Gasteiger partial charge in [-0.1, -0.05) is 18.2 Å². The molecule has 190 valence electrons. The second-order valence-electron chi connectivity index (χ2n) is 9.10. The minimum absolute atomic E-state index is 0.114. The molecular weight excluding hydrogens is 463 g/mol. The van der Waals surface area contributed by atoms with Gasteiger partial charge >= 0.3 is 6.18 Å². The summed E-state index contributed by atoms with van der Waals surface area (Å²) in [4.78, 5) is 18.4. The van der Waals surface area contributed by atoms with Gasteiger partial charge in [0.05, 0.1) is 43.5 Å². The Balaban J connectivity index is 1.38. The number of fused-ring (bicyclic) bond motifs is 1. The maximum Gasteiger partial charge on any atom is 0.416 e. The molecule has 2 fully saturated rings. The molecule has 1 aromatic heterocycles. The first-order valence-corrected chi connectivity index (χ1v) is 11.7. The predicted octanol–water partition coefficient (Wildman–Crippen LogP) is 2.92. The molecule has 3 heterocycles. The maximum absolute atomic E-state index is 13.2. The maximum atomic E-state index is 13.2. The highest BCUT2D eigenvalue weighted by atomic mass is 19.4. The van der Waals surface area contributed by atoms with E-state index in [0.29, 0.717) is 24.9 Å². The van der Waals surface area contributed by atoms with Crippen molar-refractivity contribution in [2.24, 2.45) is 0 Å². The Morgan fingerprint density at radius 1 is 1.14 bits per heavy atom. The van der Waals surface area contributed by atoms with E-state index in [1.807, 2.05) is 17.0 Å². The number of hydrogen-bond acceptors (Lipinski definition) is 6. The minimum Gasteiger partial charge on any atom is -0.389 e. The van der Waals surface area contributed by atoms with Crippen LogP contribution >= 0.6 is 0 Å². The smallest absolute Gasteiger partial charge is 0.389 e. The van der Waals surface area contributed by atoms with Crippen molar-refractivity contribution >= 4 is 5.91 Å². The number of ether oxygens (including phenoxy) is 2. The summed E-state index contributed by atoms with van der Waals surface area (Å²) in [7, 11) is 0. The van der Waals surface area contributed by atoms with Crippen LogP contribution in [0, 0.1) is 0 Å². The lowest BCUT2D eigenvalue weighted by Crippen LogP contribution is -2.55. The number of aliphatic hydroxyl groups excluding tert-OH is 1. The van der Waals surface area contributed by atoms with Crippen LogP contribution in [0.3, 0.4) is 0 Å². The van der Waals surface area contributed by atoms with Gasteiger partial charge in [-0.25, -0.2) is 0 Å². The summed E-state index contributed by atoms with van der Waals surface area (Å²) in [6.45, 7) is 1.28. The quantitative estimate of drug-likeness (QED) is 0.644. The minimum atomic E-state index is -4.42. The van der Waals surface area contributed by atoms with Crippen LogP contribution in [-0.2, 0) is 33.5 Å². The summed E-state index contributed by atoms with van der Waals surface area (Å²) in [6.07, 6.45) is -0.937. The van der Waals surface area contributed by atoms with Crippen molar-refractivity contribution in [2.75, 3.05) is 19.8 Å². The van der Waals surface area contributed by atoms with E-state index in [0.717, 1.165) is 17.7 Å². The second-order valence-corrected chi connectivity index (χ2v) is 9.10. The first-order chi connectivity index (χ1) is 16.8. The van der Waals surface area contributed by atoms with Crippen molar-refractivity contribution in [3.8, 4) is 0 Å². The summed E-state index contributed by atoms with van der Waals surface area (Å²) >= 11 is 0. The zero-order chi connectivity index (χ0) is 24.8. The average Bonchev–Trinajstić information content (AvgIpc) is 2.82. The third kappa shape index (κ3) is 7.23. The molecule has 4 atom stereocenters. The Hall–Kier alpha value is -2.53. The lowest BCUT2D eigenvalue weighted by atomic mass is 9.94. The van der Waals surface area contributed by atoms with E-state index in [2.05, 4.69) is 10.3 Å². The number of hydrogen-bond donors (Lipinski definition) is 2. The number of amides is 1. The molecule has 2 N–H and O–H groups in total. The van der Waals surface area contributed by atoms with E-state index in [9.17, 15) is 23.1 Å². The number of aromatic nitrogens is 1. The highest BCUT2D eigenvalue weighted by Crippen LogP contribution is 2.32. The molecule has 2 aliphatic rings. The number of pyridine rings is 1. The van der Waals surface area contributed by atoms with Gasteiger partial charge in [0, 0.05) is 38.1 Å². The molecule has 0 unspecified atom stereocenters.